The molecule has 0 unspecified atom stereocenters. The standard InChI is InChI=1S/C53H84N4O12/c1-48(25-59)20-29-10-6-9-28-21-53(29,47(66)67)35(22-48)33-13-14-39-50(3,52(28,33)5)16-15-38-49(2,26-60)44(69-46-43(64)42(63)37(61)24-68-46)41(62)34(51(38,39)4)19-32-30(12-8-18-58)45(65)57-40(32)31(11-7-17-54)36-23-55-27-56-36/h13,23,27-32,34-35,37-44,46,58-64H,6-12,14-22,24-26,54H2,1-5H3,(H,55,56)(H,57,65)(H,66,67)/t28-,29+,30-,31+,32+,34-,35-,37+,38+,39-,40-,41+,42-,43+,44+,46-,48-,49-,50+,51-,52+,53+/m0/s1. The van der Waals surface area contributed by atoms with Crippen molar-refractivity contribution in [1.82, 2.24) is 15.3 Å². The number of nitrogens with two attached hydrogens (primary N) is 1. The van der Waals surface area contributed by atoms with Crippen molar-refractivity contribution < 1.29 is 59.9 Å². The maximum absolute atomic E-state index is 14.4. The number of nitrogens with zero attached hydrogens (tertiary/aromatic N) is 1. The zero-order valence-corrected chi connectivity index (χ0v) is 41.6. The normalized spacial score (nSPS) is 49.7. The summed E-state index contributed by atoms with van der Waals surface area (Å²) in [5, 5.41) is 93.9. The summed E-state index contributed by atoms with van der Waals surface area (Å²) >= 11 is 0. The summed E-state index contributed by atoms with van der Waals surface area (Å²) in [6.07, 6.45) is 6.60. The van der Waals surface area contributed by atoms with Crippen LogP contribution in [-0.2, 0) is 19.1 Å². The smallest absolute Gasteiger partial charge is 0.310 e. The molecule has 3 heterocycles. The van der Waals surface area contributed by atoms with Crippen LogP contribution >= 0.6 is 0 Å². The number of carboxylic acid groups (broad SMARTS) is 1. The van der Waals surface area contributed by atoms with E-state index < -0.39 is 87.1 Å². The summed E-state index contributed by atoms with van der Waals surface area (Å²) in [4.78, 5) is 36.1. The number of fused-ring (bicyclic) bond motifs is 8. The van der Waals surface area contributed by atoms with Crippen LogP contribution in [0.1, 0.15) is 136 Å². The minimum absolute atomic E-state index is 0.0000511. The molecule has 0 aromatic carbocycles. The van der Waals surface area contributed by atoms with Gasteiger partial charge in [-0.2, -0.15) is 0 Å². The van der Waals surface area contributed by atoms with E-state index in [0.717, 1.165) is 31.4 Å². The first kappa shape index (κ1) is 51.4. The average Bonchev–Trinajstić information content (AvgIpc) is 3.91. The van der Waals surface area contributed by atoms with Gasteiger partial charge in [-0.15, -0.1) is 0 Å². The van der Waals surface area contributed by atoms with Gasteiger partial charge in [-0.3, -0.25) is 9.59 Å². The highest BCUT2D eigenvalue weighted by Gasteiger charge is 2.76. The van der Waals surface area contributed by atoms with Crippen molar-refractivity contribution in [1.29, 1.82) is 0 Å². The van der Waals surface area contributed by atoms with Gasteiger partial charge < -0.3 is 66.4 Å². The zero-order chi connectivity index (χ0) is 49.6. The van der Waals surface area contributed by atoms with Crippen LogP contribution in [0.5, 0.6) is 0 Å². The van der Waals surface area contributed by atoms with Crippen LogP contribution in [0.3, 0.4) is 0 Å². The summed E-state index contributed by atoms with van der Waals surface area (Å²) in [6.45, 7) is 10.9. The molecule has 8 aliphatic rings. The Kier molecular flexibility index (Phi) is 14.0. The monoisotopic (exact) mass is 969 g/mol. The second-order valence-electron chi connectivity index (χ2n) is 24.8. The number of aliphatic hydroxyl groups is 7. The largest absolute Gasteiger partial charge is 0.481 e. The first-order chi connectivity index (χ1) is 32.7. The number of aliphatic hydroxyl groups excluding tert-OH is 7. The van der Waals surface area contributed by atoms with E-state index in [-0.39, 0.29) is 79.8 Å². The van der Waals surface area contributed by atoms with Crippen LogP contribution in [-0.4, -0.2) is 139 Å². The van der Waals surface area contributed by atoms with Crippen molar-refractivity contribution in [2.24, 2.45) is 85.6 Å². The fourth-order valence-electron chi connectivity index (χ4n) is 18.4. The Balaban J connectivity index is 1.20. The maximum Gasteiger partial charge on any atom is 0.310 e. The number of rotatable bonds is 15. The minimum atomic E-state index is -1.63. The molecule has 6 aliphatic carbocycles. The van der Waals surface area contributed by atoms with E-state index in [0.29, 0.717) is 70.8 Å². The molecule has 1 amide bonds. The predicted octanol–water partition coefficient (Wildman–Crippen LogP) is 3.61. The van der Waals surface area contributed by atoms with Gasteiger partial charge in [0, 0.05) is 48.4 Å². The van der Waals surface area contributed by atoms with Crippen LogP contribution in [0.25, 0.3) is 0 Å². The number of carbonyl (C=O) groups excluding carboxylic acids is 1. The lowest BCUT2D eigenvalue weighted by atomic mass is 9.30. The number of amides is 1. The second kappa shape index (κ2) is 18.8. The van der Waals surface area contributed by atoms with Gasteiger partial charge >= 0.3 is 5.97 Å². The highest BCUT2D eigenvalue weighted by atomic mass is 16.7. The Hall–Kier alpha value is -2.51. The molecule has 388 valence electrons. The number of allylic oxidation sites excluding steroid dienone is 2. The molecule has 2 bridgehead atoms. The molecule has 2 saturated heterocycles. The lowest BCUT2D eigenvalue weighted by molar-refractivity contribution is -0.341. The molecular weight excluding hydrogens is 885 g/mol. The Labute approximate surface area is 407 Å². The maximum atomic E-state index is 14.4. The zero-order valence-electron chi connectivity index (χ0n) is 41.6. The van der Waals surface area contributed by atoms with Gasteiger partial charge in [-0.05, 0) is 153 Å². The molecule has 0 spiro atoms. The highest BCUT2D eigenvalue weighted by Crippen LogP contribution is 2.79. The molecule has 22 atom stereocenters. The number of carbonyl (C=O) groups is 2. The molecule has 9 rings (SSSR count). The molecule has 12 N–H and O–H groups in total. The number of imidazole rings is 1. The third-order valence-electron chi connectivity index (χ3n) is 22.0. The summed E-state index contributed by atoms with van der Waals surface area (Å²) in [6, 6.07) is -0.382. The Morgan fingerprint density at radius 1 is 0.957 bits per heavy atom. The predicted molar refractivity (Wildman–Crippen MR) is 253 cm³/mol. The van der Waals surface area contributed by atoms with Gasteiger partial charge in [0.2, 0.25) is 5.91 Å². The van der Waals surface area contributed by atoms with Crippen molar-refractivity contribution >= 4 is 11.9 Å². The SMILES string of the molecule is C[C@]1(CO)C[C@H]2CCC[C@H]3C[C@]2(C(=O)O)[C@@H](C1)C1=CC[C@@H]2[C@]4(C)[C@H](CC[C@@]2(C)[C@@]13C)[C@](C)(CO)[C@H](O[C@@H]1OC[C@@H](O)[C@H](O)[C@H]1O)[C@H](O)[C@@H]4C[C@H]1[C@H]([C@H](CCCN)c2cnc[nH]2)NC(=O)[C@H]1CCCO. The van der Waals surface area contributed by atoms with Crippen LogP contribution in [0.2, 0.25) is 0 Å². The molecule has 16 nitrogen and oxygen atoms in total. The topological polar surface area (TPSA) is 281 Å². The third kappa shape index (κ3) is 7.59. The van der Waals surface area contributed by atoms with Crippen molar-refractivity contribution in [3.8, 4) is 0 Å². The van der Waals surface area contributed by atoms with Gasteiger partial charge in [0.05, 0.1) is 37.2 Å². The average molecular weight is 969 g/mol. The van der Waals surface area contributed by atoms with E-state index in [1.165, 1.54) is 5.57 Å². The van der Waals surface area contributed by atoms with Crippen molar-refractivity contribution in [3.63, 3.8) is 0 Å². The molecule has 1 aromatic rings. The van der Waals surface area contributed by atoms with E-state index in [1.807, 2.05) is 6.92 Å². The molecule has 69 heavy (non-hydrogen) atoms. The summed E-state index contributed by atoms with van der Waals surface area (Å²) in [7, 11) is 0. The Bertz CT molecular complexity index is 2060. The number of ether oxygens (including phenoxy) is 2. The number of H-pyrrole nitrogens is 1. The first-order valence-corrected chi connectivity index (χ1v) is 26.5. The van der Waals surface area contributed by atoms with Crippen molar-refractivity contribution in [2.45, 2.75) is 173 Å². The quantitative estimate of drug-likeness (QED) is 0.0886. The summed E-state index contributed by atoms with van der Waals surface area (Å²) < 4.78 is 12.6. The molecule has 16 heteroatoms. The number of aliphatic carboxylic acids is 1. The summed E-state index contributed by atoms with van der Waals surface area (Å²) in [5.74, 6) is -2.95. The van der Waals surface area contributed by atoms with Gasteiger partial charge in [0.15, 0.2) is 6.29 Å². The summed E-state index contributed by atoms with van der Waals surface area (Å²) in [5.41, 5.74) is 4.23. The lowest BCUT2D eigenvalue weighted by Gasteiger charge is -2.75. The number of nitrogens with one attached hydrogen (secondary N) is 2. The number of hydrogen-bond donors (Lipinski definition) is 11. The van der Waals surface area contributed by atoms with Gasteiger partial charge in [0.25, 0.3) is 0 Å². The molecule has 0 radical (unpaired) electrons. The number of carboxylic acids is 1. The van der Waals surface area contributed by atoms with E-state index in [4.69, 9.17) is 15.2 Å². The number of aromatic amines is 1. The van der Waals surface area contributed by atoms with E-state index in [2.05, 4.69) is 49.1 Å². The van der Waals surface area contributed by atoms with E-state index in [9.17, 15) is 50.4 Å². The second-order valence-corrected chi connectivity index (χ2v) is 24.8. The van der Waals surface area contributed by atoms with Crippen molar-refractivity contribution in [3.05, 3.63) is 29.9 Å². The van der Waals surface area contributed by atoms with Crippen molar-refractivity contribution in [2.75, 3.05) is 33.0 Å². The molecule has 2 aliphatic heterocycles. The number of hydrogen-bond acceptors (Lipinski definition) is 13. The lowest BCUT2D eigenvalue weighted by Crippen LogP contribution is -2.73. The fourth-order valence-corrected chi connectivity index (χ4v) is 18.4. The fraction of sp³-hybridized carbons (Fsp3) is 0.868. The van der Waals surface area contributed by atoms with Crippen LogP contribution in [0.4, 0.5) is 0 Å². The van der Waals surface area contributed by atoms with Gasteiger partial charge in [0.1, 0.15) is 18.3 Å². The highest BCUT2D eigenvalue weighted by molar-refractivity contribution is 5.82. The van der Waals surface area contributed by atoms with Crippen LogP contribution in [0, 0.1) is 79.8 Å². The molecular formula is C53H84N4O12. The molecule has 7 fully saturated rings. The molecule has 5 saturated carbocycles. The number of aromatic nitrogens is 2. The first-order valence-electron chi connectivity index (χ1n) is 26.5. The van der Waals surface area contributed by atoms with Gasteiger partial charge in [-0.1, -0.05) is 52.7 Å². The van der Waals surface area contributed by atoms with E-state index in [1.54, 1.807) is 12.5 Å². The van der Waals surface area contributed by atoms with Gasteiger partial charge in [-0.25, -0.2) is 4.98 Å². The minimum Gasteiger partial charge on any atom is -0.481 e. The van der Waals surface area contributed by atoms with Crippen LogP contribution in [0.15, 0.2) is 24.2 Å². The molecule has 1 aromatic heterocycles. The third-order valence-corrected chi connectivity index (χ3v) is 22.0. The Morgan fingerprint density at radius 3 is 2.38 bits per heavy atom. The van der Waals surface area contributed by atoms with Crippen LogP contribution < -0.4 is 11.1 Å². The van der Waals surface area contributed by atoms with E-state index >= 15 is 0 Å². The Morgan fingerprint density at radius 2 is 1.71 bits per heavy atom.